The largest absolute Gasteiger partial charge is 0.337 e. The molecule has 3 aromatic rings. The SMILES string of the molecule is O=C1CC(c2ccc(F)cc2)N(C(=O)Cc2cccs2)c2ccc(C(=O)N3CCCNCC3)cc2N1. The van der Waals surface area contributed by atoms with E-state index in [-0.39, 0.29) is 36.4 Å². The van der Waals surface area contributed by atoms with E-state index in [2.05, 4.69) is 10.6 Å². The topological polar surface area (TPSA) is 81.8 Å². The van der Waals surface area contributed by atoms with E-state index in [0.29, 0.717) is 35.6 Å². The summed E-state index contributed by atoms with van der Waals surface area (Å²) in [5, 5.41) is 8.10. The predicted octanol–water partition coefficient (Wildman–Crippen LogP) is 3.98. The number of nitrogens with zero attached hydrogens (tertiary/aromatic N) is 2. The molecule has 0 spiro atoms. The zero-order chi connectivity index (χ0) is 25.1. The smallest absolute Gasteiger partial charge is 0.253 e. The minimum absolute atomic E-state index is 0.0115. The highest BCUT2D eigenvalue weighted by Gasteiger charge is 2.34. The van der Waals surface area contributed by atoms with Crippen LogP contribution in [-0.2, 0) is 16.0 Å². The van der Waals surface area contributed by atoms with Crippen molar-refractivity contribution in [1.82, 2.24) is 10.2 Å². The fourth-order valence-electron chi connectivity index (χ4n) is 4.75. The van der Waals surface area contributed by atoms with E-state index in [9.17, 15) is 18.8 Å². The first-order chi connectivity index (χ1) is 17.5. The molecule has 2 aliphatic heterocycles. The van der Waals surface area contributed by atoms with Gasteiger partial charge in [0.2, 0.25) is 11.8 Å². The third-order valence-corrected chi connectivity index (χ3v) is 7.40. The van der Waals surface area contributed by atoms with Crippen LogP contribution in [-0.4, -0.2) is 48.8 Å². The summed E-state index contributed by atoms with van der Waals surface area (Å²) in [6.07, 6.45) is 1.06. The Morgan fingerprint density at radius 2 is 1.89 bits per heavy atom. The van der Waals surface area contributed by atoms with Crippen molar-refractivity contribution in [2.75, 3.05) is 36.4 Å². The number of carbonyl (C=O) groups excluding carboxylic acids is 3. The van der Waals surface area contributed by atoms with Crippen LogP contribution in [0.2, 0.25) is 0 Å². The normalized spacial score (nSPS) is 18.1. The molecule has 7 nitrogen and oxygen atoms in total. The van der Waals surface area contributed by atoms with Crippen LogP contribution in [0.5, 0.6) is 0 Å². The molecule has 186 valence electrons. The van der Waals surface area contributed by atoms with E-state index in [1.807, 2.05) is 17.5 Å². The van der Waals surface area contributed by atoms with Crippen LogP contribution in [0.3, 0.4) is 0 Å². The number of halogens is 1. The maximum Gasteiger partial charge on any atom is 0.253 e. The lowest BCUT2D eigenvalue weighted by atomic mass is 10.00. The summed E-state index contributed by atoms with van der Waals surface area (Å²) in [4.78, 5) is 44.2. The summed E-state index contributed by atoms with van der Waals surface area (Å²) in [5.41, 5.74) is 2.06. The van der Waals surface area contributed by atoms with E-state index in [1.165, 1.54) is 23.5 Å². The first-order valence-electron chi connectivity index (χ1n) is 12.0. The predicted molar refractivity (Wildman–Crippen MR) is 138 cm³/mol. The Labute approximate surface area is 212 Å². The van der Waals surface area contributed by atoms with Crippen LogP contribution in [0.25, 0.3) is 0 Å². The average Bonchev–Trinajstić information content (AvgIpc) is 3.15. The molecule has 3 heterocycles. The summed E-state index contributed by atoms with van der Waals surface area (Å²) in [7, 11) is 0. The molecule has 0 bridgehead atoms. The number of hydrogen-bond acceptors (Lipinski definition) is 5. The Morgan fingerprint density at radius 1 is 1.06 bits per heavy atom. The molecule has 9 heteroatoms. The van der Waals surface area contributed by atoms with Gasteiger partial charge < -0.3 is 20.4 Å². The highest BCUT2D eigenvalue weighted by Crippen LogP contribution is 2.39. The summed E-state index contributed by atoms with van der Waals surface area (Å²) in [6, 6.07) is 14.2. The van der Waals surface area contributed by atoms with Crippen molar-refractivity contribution in [3.05, 3.63) is 81.8 Å². The fraction of sp³-hybridized carbons (Fsp3) is 0.296. The van der Waals surface area contributed by atoms with Gasteiger partial charge in [-0.1, -0.05) is 18.2 Å². The molecule has 0 saturated carbocycles. The van der Waals surface area contributed by atoms with Crippen molar-refractivity contribution in [3.8, 4) is 0 Å². The minimum Gasteiger partial charge on any atom is -0.337 e. The number of thiophene rings is 1. The van der Waals surface area contributed by atoms with Gasteiger partial charge in [0.15, 0.2) is 0 Å². The molecular weight excluding hydrogens is 479 g/mol. The molecule has 0 radical (unpaired) electrons. The van der Waals surface area contributed by atoms with Gasteiger partial charge >= 0.3 is 0 Å². The molecule has 3 amide bonds. The van der Waals surface area contributed by atoms with Crippen LogP contribution in [0.1, 0.15) is 39.7 Å². The third-order valence-electron chi connectivity index (χ3n) is 6.52. The van der Waals surface area contributed by atoms with E-state index in [1.54, 1.807) is 40.1 Å². The average molecular weight is 507 g/mol. The zero-order valence-corrected chi connectivity index (χ0v) is 20.5. The molecule has 1 fully saturated rings. The second-order valence-corrected chi connectivity index (χ2v) is 10.00. The Morgan fingerprint density at radius 3 is 2.67 bits per heavy atom. The molecule has 5 rings (SSSR count). The van der Waals surface area contributed by atoms with Gasteiger partial charge in [0.05, 0.1) is 30.3 Å². The monoisotopic (exact) mass is 506 g/mol. The van der Waals surface area contributed by atoms with Crippen molar-refractivity contribution in [1.29, 1.82) is 0 Å². The highest BCUT2D eigenvalue weighted by atomic mass is 32.1. The van der Waals surface area contributed by atoms with Crippen LogP contribution in [0.15, 0.2) is 60.0 Å². The van der Waals surface area contributed by atoms with Gasteiger partial charge in [0.1, 0.15) is 5.82 Å². The van der Waals surface area contributed by atoms with Gasteiger partial charge in [-0.25, -0.2) is 4.39 Å². The summed E-state index contributed by atoms with van der Waals surface area (Å²) in [5.74, 6) is -0.949. The number of benzene rings is 2. The molecule has 2 aromatic carbocycles. The van der Waals surface area contributed by atoms with Gasteiger partial charge in [-0.2, -0.15) is 0 Å². The summed E-state index contributed by atoms with van der Waals surface area (Å²) >= 11 is 1.49. The molecule has 1 saturated heterocycles. The molecule has 1 unspecified atom stereocenters. The standard InChI is InChI=1S/C27H27FN4O3S/c28-20-7-4-18(5-8-20)24-17-25(33)30-22-15-19(27(35)31-12-2-10-29-11-13-31)6-9-23(22)32(24)26(34)16-21-3-1-14-36-21/h1,3-9,14-15,24,29H,2,10-13,16-17H2,(H,30,33). The first-order valence-corrected chi connectivity index (χ1v) is 12.9. The van der Waals surface area contributed by atoms with Gasteiger partial charge in [0.25, 0.3) is 5.91 Å². The van der Waals surface area contributed by atoms with Gasteiger partial charge in [-0.15, -0.1) is 11.3 Å². The molecule has 1 aromatic heterocycles. The second-order valence-electron chi connectivity index (χ2n) is 8.97. The van der Waals surface area contributed by atoms with Crippen molar-refractivity contribution >= 4 is 40.4 Å². The second kappa shape index (κ2) is 10.6. The lowest BCUT2D eigenvalue weighted by molar-refractivity contribution is -0.119. The molecular formula is C27H27FN4O3S. The molecule has 36 heavy (non-hydrogen) atoms. The van der Waals surface area contributed by atoms with Gasteiger partial charge in [0, 0.05) is 30.1 Å². The number of rotatable bonds is 4. The van der Waals surface area contributed by atoms with Crippen LogP contribution in [0.4, 0.5) is 15.8 Å². The summed E-state index contributed by atoms with van der Waals surface area (Å²) < 4.78 is 13.7. The van der Waals surface area contributed by atoms with Gasteiger partial charge in [-0.05, 0) is 60.3 Å². The number of hydrogen-bond donors (Lipinski definition) is 2. The van der Waals surface area contributed by atoms with Crippen molar-refractivity contribution < 1.29 is 18.8 Å². The first kappa shape index (κ1) is 24.1. The van der Waals surface area contributed by atoms with Gasteiger partial charge in [-0.3, -0.25) is 14.4 Å². The number of carbonyl (C=O) groups is 3. The Bertz CT molecular complexity index is 1250. The lowest BCUT2D eigenvalue weighted by Crippen LogP contribution is -2.36. The molecule has 1 atom stereocenters. The number of anilines is 2. The third kappa shape index (κ3) is 5.17. The quantitative estimate of drug-likeness (QED) is 0.561. The van der Waals surface area contributed by atoms with E-state index < -0.39 is 6.04 Å². The maximum atomic E-state index is 13.7. The maximum absolute atomic E-state index is 13.7. The van der Waals surface area contributed by atoms with E-state index in [4.69, 9.17) is 0 Å². The fourth-order valence-corrected chi connectivity index (χ4v) is 5.45. The van der Waals surface area contributed by atoms with E-state index >= 15 is 0 Å². The minimum atomic E-state index is -0.613. The van der Waals surface area contributed by atoms with Crippen molar-refractivity contribution in [2.24, 2.45) is 0 Å². The summed E-state index contributed by atoms with van der Waals surface area (Å²) in [6.45, 7) is 2.88. The molecule has 2 aliphatic rings. The molecule has 0 aliphatic carbocycles. The highest BCUT2D eigenvalue weighted by molar-refractivity contribution is 7.10. The van der Waals surface area contributed by atoms with E-state index in [0.717, 1.165) is 24.4 Å². The molecule has 2 N–H and O–H groups in total. The van der Waals surface area contributed by atoms with Crippen molar-refractivity contribution in [2.45, 2.75) is 25.3 Å². The lowest BCUT2D eigenvalue weighted by Gasteiger charge is -2.31. The Balaban J connectivity index is 1.54. The number of nitrogens with one attached hydrogen (secondary N) is 2. The number of amides is 3. The van der Waals surface area contributed by atoms with Crippen LogP contribution >= 0.6 is 11.3 Å². The van der Waals surface area contributed by atoms with Crippen molar-refractivity contribution in [3.63, 3.8) is 0 Å². The Hall–Kier alpha value is -3.56. The van der Waals surface area contributed by atoms with Crippen LogP contribution < -0.4 is 15.5 Å². The zero-order valence-electron chi connectivity index (χ0n) is 19.7. The Kier molecular flexibility index (Phi) is 7.11. The number of fused-ring (bicyclic) bond motifs is 1. The van der Waals surface area contributed by atoms with Crippen LogP contribution in [0, 0.1) is 5.82 Å².